The highest BCUT2D eigenvalue weighted by Gasteiger charge is 2.20. The number of hydrogen-bond donors (Lipinski definition) is 1. The smallest absolute Gasteiger partial charge is 0.182 e. The Kier molecular flexibility index (Phi) is 3.73. The van der Waals surface area contributed by atoms with E-state index in [0.29, 0.717) is 25.8 Å². The summed E-state index contributed by atoms with van der Waals surface area (Å²) in [5.41, 5.74) is 2.04. The Hall–Kier alpha value is -0.710. The summed E-state index contributed by atoms with van der Waals surface area (Å²) in [5, 5.41) is 1.04. The molecule has 102 valence electrons. The summed E-state index contributed by atoms with van der Waals surface area (Å²) in [6.07, 6.45) is 0. The fourth-order valence-corrected chi connectivity index (χ4v) is 3.31. The summed E-state index contributed by atoms with van der Waals surface area (Å²) in [5.74, 6) is 0. The van der Waals surface area contributed by atoms with Gasteiger partial charge in [-0.15, -0.1) is 0 Å². The Morgan fingerprint density at radius 3 is 2.10 bits per heavy atom. The topological polar surface area (TPSA) is 20.7 Å². The SMILES string of the molecule is S=c1[nH]c2c(Cl)c(Cl)c(Cl)c(Cl)c2n1-c1ccccc1. The zero-order chi connectivity index (χ0) is 14.4. The van der Waals surface area contributed by atoms with E-state index in [2.05, 4.69) is 4.98 Å². The first-order chi connectivity index (χ1) is 9.52. The average Bonchev–Trinajstić information content (AvgIpc) is 2.81. The molecule has 1 N–H and O–H groups in total. The zero-order valence-corrected chi connectivity index (χ0v) is 13.6. The summed E-state index contributed by atoms with van der Waals surface area (Å²) < 4.78 is 2.24. The highest BCUT2D eigenvalue weighted by atomic mass is 35.5. The van der Waals surface area contributed by atoms with Gasteiger partial charge < -0.3 is 4.98 Å². The van der Waals surface area contributed by atoms with E-state index in [1.165, 1.54) is 0 Å². The van der Waals surface area contributed by atoms with Gasteiger partial charge >= 0.3 is 0 Å². The Labute approximate surface area is 139 Å². The van der Waals surface area contributed by atoms with E-state index in [9.17, 15) is 0 Å². The molecule has 0 unspecified atom stereocenters. The van der Waals surface area contributed by atoms with E-state index in [1.54, 1.807) is 4.57 Å². The lowest BCUT2D eigenvalue weighted by Crippen LogP contribution is -1.94. The maximum absolute atomic E-state index is 6.31. The number of halogens is 4. The molecule has 0 radical (unpaired) electrons. The summed E-state index contributed by atoms with van der Waals surface area (Å²) >= 11 is 30.0. The number of para-hydroxylation sites is 1. The third kappa shape index (κ3) is 2.05. The second-order valence-electron chi connectivity index (χ2n) is 4.08. The van der Waals surface area contributed by atoms with E-state index in [0.717, 1.165) is 5.69 Å². The molecule has 0 fully saturated rings. The highest BCUT2D eigenvalue weighted by Crippen LogP contribution is 2.43. The number of benzene rings is 2. The minimum atomic E-state index is 0.210. The number of rotatable bonds is 1. The van der Waals surface area contributed by atoms with Crippen molar-refractivity contribution in [2.24, 2.45) is 0 Å². The largest absolute Gasteiger partial charge is 0.329 e. The molecule has 20 heavy (non-hydrogen) atoms. The number of aromatic amines is 1. The molecule has 2 aromatic carbocycles. The average molecular weight is 364 g/mol. The van der Waals surface area contributed by atoms with Crippen LogP contribution in [0.1, 0.15) is 0 Å². The molecule has 2 nitrogen and oxygen atoms in total. The van der Waals surface area contributed by atoms with Gasteiger partial charge in [0, 0.05) is 5.69 Å². The van der Waals surface area contributed by atoms with Crippen LogP contribution in [-0.2, 0) is 0 Å². The summed E-state index contributed by atoms with van der Waals surface area (Å²) in [7, 11) is 0. The Morgan fingerprint density at radius 2 is 1.45 bits per heavy atom. The van der Waals surface area contributed by atoms with Crippen molar-refractivity contribution in [3.05, 3.63) is 55.2 Å². The van der Waals surface area contributed by atoms with Crippen molar-refractivity contribution >= 4 is 69.7 Å². The number of hydrogen-bond acceptors (Lipinski definition) is 1. The minimum Gasteiger partial charge on any atom is -0.329 e. The Morgan fingerprint density at radius 1 is 0.850 bits per heavy atom. The van der Waals surface area contributed by atoms with Gasteiger partial charge in [0.2, 0.25) is 0 Å². The van der Waals surface area contributed by atoms with Crippen molar-refractivity contribution in [1.82, 2.24) is 9.55 Å². The molecule has 0 atom stereocenters. The fraction of sp³-hybridized carbons (Fsp3) is 0. The van der Waals surface area contributed by atoms with Gasteiger partial charge in [-0.3, -0.25) is 4.57 Å². The van der Waals surface area contributed by atoms with Crippen molar-refractivity contribution in [1.29, 1.82) is 0 Å². The first-order valence-corrected chi connectivity index (χ1v) is 7.46. The van der Waals surface area contributed by atoms with Gasteiger partial charge in [0.25, 0.3) is 0 Å². The maximum Gasteiger partial charge on any atom is 0.182 e. The minimum absolute atomic E-state index is 0.210. The predicted octanol–water partition coefficient (Wildman–Crippen LogP) is 6.30. The van der Waals surface area contributed by atoms with E-state index < -0.39 is 0 Å². The van der Waals surface area contributed by atoms with E-state index >= 15 is 0 Å². The molecule has 1 aromatic heterocycles. The third-order valence-electron chi connectivity index (χ3n) is 2.92. The van der Waals surface area contributed by atoms with Crippen LogP contribution in [0.2, 0.25) is 20.1 Å². The summed E-state index contributed by atoms with van der Waals surface area (Å²) in [4.78, 5) is 3.02. The molecule has 0 aliphatic carbocycles. The molecular formula is C13H6Cl4N2S. The second-order valence-corrected chi connectivity index (χ2v) is 5.98. The summed E-state index contributed by atoms with van der Waals surface area (Å²) in [6, 6.07) is 9.55. The maximum atomic E-state index is 6.31. The van der Waals surface area contributed by atoms with Crippen molar-refractivity contribution in [2.45, 2.75) is 0 Å². The van der Waals surface area contributed by atoms with Gasteiger partial charge in [-0.1, -0.05) is 64.6 Å². The van der Waals surface area contributed by atoms with E-state index in [-0.39, 0.29) is 10.0 Å². The molecule has 0 aliphatic heterocycles. The van der Waals surface area contributed by atoms with Crippen LogP contribution in [0.4, 0.5) is 0 Å². The zero-order valence-electron chi connectivity index (χ0n) is 9.75. The van der Waals surface area contributed by atoms with Crippen LogP contribution in [0, 0.1) is 4.77 Å². The number of H-pyrrole nitrogens is 1. The predicted molar refractivity (Wildman–Crippen MR) is 88.5 cm³/mol. The molecule has 0 spiro atoms. The van der Waals surface area contributed by atoms with Gasteiger partial charge in [-0.2, -0.15) is 0 Å². The number of nitrogens with one attached hydrogen (secondary N) is 1. The molecule has 3 rings (SSSR count). The van der Waals surface area contributed by atoms with Gasteiger partial charge in [0.05, 0.1) is 31.1 Å². The van der Waals surface area contributed by atoms with Crippen molar-refractivity contribution in [3.63, 3.8) is 0 Å². The standard InChI is InChI=1S/C13H6Cl4N2S/c14-7-8(15)10(17)12-11(9(7)16)18-13(20)19(12)6-4-2-1-3-5-6/h1-5H,(H,18,20). The van der Waals surface area contributed by atoms with Crippen molar-refractivity contribution in [3.8, 4) is 5.69 Å². The van der Waals surface area contributed by atoms with Crippen LogP contribution in [0.3, 0.4) is 0 Å². The highest BCUT2D eigenvalue weighted by molar-refractivity contribution is 7.71. The van der Waals surface area contributed by atoms with Gasteiger partial charge in [-0.25, -0.2) is 0 Å². The monoisotopic (exact) mass is 362 g/mol. The lowest BCUT2D eigenvalue weighted by Gasteiger charge is -2.08. The molecule has 0 bridgehead atoms. The molecule has 0 aliphatic rings. The Bertz CT molecular complexity index is 868. The number of fused-ring (bicyclic) bond motifs is 1. The van der Waals surface area contributed by atoms with Crippen LogP contribution < -0.4 is 0 Å². The molecule has 0 saturated heterocycles. The molecular weight excluding hydrogens is 358 g/mol. The first-order valence-electron chi connectivity index (χ1n) is 5.54. The summed E-state index contributed by atoms with van der Waals surface area (Å²) in [6.45, 7) is 0. The van der Waals surface area contributed by atoms with E-state index in [1.807, 2.05) is 30.3 Å². The normalized spacial score (nSPS) is 11.2. The quantitative estimate of drug-likeness (QED) is 0.305. The van der Waals surface area contributed by atoms with Crippen LogP contribution in [0.15, 0.2) is 30.3 Å². The second kappa shape index (κ2) is 5.24. The molecule has 7 heteroatoms. The van der Waals surface area contributed by atoms with Crippen LogP contribution >= 0.6 is 58.6 Å². The number of imidazole rings is 1. The van der Waals surface area contributed by atoms with Gasteiger partial charge in [0.15, 0.2) is 4.77 Å². The van der Waals surface area contributed by atoms with E-state index in [4.69, 9.17) is 58.6 Å². The van der Waals surface area contributed by atoms with Gasteiger partial charge in [-0.05, 0) is 24.4 Å². The lowest BCUT2D eigenvalue weighted by atomic mass is 10.2. The Balaban J connectivity index is 2.52. The molecule has 1 heterocycles. The lowest BCUT2D eigenvalue weighted by molar-refractivity contribution is 1.07. The number of aromatic nitrogens is 2. The number of nitrogens with zero attached hydrogens (tertiary/aromatic N) is 1. The molecule has 0 saturated carbocycles. The van der Waals surface area contributed by atoms with Crippen molar-refractivity contribution in [2.75, 3.05) is 0 Å². The van der Waals surface area contributed by atoms with Crippen LogP contribution in [-0.4, -0.2) is 9.55 Å². The molecule has 3 aromatic rings. The van der Waals surface area contributed by atoms with Gasteiger partial charge in [0.1, 0.15) is 0 Å². The first kappa shape index (κ1) is 14.2. The third-order valence-corrected chi connectivity index (χ3v) is 4.99. The van der Waals surface area contributed by atoms with Crippen molar-refractivity contribution < 1.29 is 0 Å². The van der Waals surface area contributed by atoms with Crippen LogP contribution in [0.25, 0.3) is 16.7 Å². The molecule has 0 amide bonds. The fourth-order valence-electron chi connectivity index (χ4n) is 2.03. The van der Waals surface area contributed by atoms with Crippen LogP contribution in [0.5, 0.6) is 0 Å².